The van der Waals surface area contributed by atoms with Crippen molar-refractivity contribution in [3.63, 3.8) is 0 Å². The van der Waals surface area contributed by atoms with Gasteiger partial charge in [-0.15, -0.1) is 11.8 Å². The predicted molar refractivity (Wildman–Crippen MR) is 111 cm³/mol. The zero-order valence-electron chi connectivity index (χ0n) is 15.6. The molecule has 0 saturated carbocycles. The highest BCUT2D eigenvalue weighted by molar-refractivity contribution is 7.98. The molecule has 2 aromatic carbocycles. The number of thioether (sulfide) groups is 1. The highest BCUT2D eigenvalue weighted by Gasteiger charge is 2.26. The summed E-state index contributed by atoms with van der Waals surface area (Å²) in [5, 5.41) is 5.81. The topological polar surface area (TPSA) is 87.7 Å². The molecular weight excluding hydrogens is 398 g/mol. The maximum Gasteiger partial charge on any atom is 0.243 e. The minimum atomic E-state index is -3.57. The molecule has 28 heavy (non-hydrogen) atoms. The van der Waals surface area contributed by atoms with E-state index < -0.39 is 10.0 Å². The number of nitrogens with zero attached hydrogens (tertiary/aromatic N) is 1. The molecule has 0 spiro atoms. The van der Waals surface area contributed by atoms with Crippen LogP contribution in [0.3, 0.4) is 0 Å². The van der Waals surface area contributed by atoms with Gasteiger partial charge < -0.3 is 15.4 Å². The van der Waals surface area contributed by atoms with Crippen molar-refractivity contribution in [2.75, 3.05) is 49.7 Å². The predicted octanol–water partition coefficient (Wildman–Crippen LogP) is 2.48. The number of morpholine rings is 1. The fourth-order valence-electron chi connectivity index (χ4n) is 2.79. The van der Waals surface area contributed by atoms with E-state index in [1.807, 2.05) is 30.5 Å². The van der Waals surface area contributed by atoms with Gasteiger partial charge in [0.15, 0.2) is 0 Å². The van der Waals surface area contributed by atoms with Gasteiger partial charge >= 0.3 is 0 Å². The van der Waals surface area contributed by atoms with E-state index in [9.17, 15) is 13.2 Å². The van der Waals surface area contributed by atoms with Gasteiger partial charge in [0.1, 0.15) is 0 Å². The number of hydrogen-bond donors (Lipinski definition) is 2. The normalized spacial score (nSPS) is 15.2. The monoisotopic (exact) mass is 421 g/mol. The van der Waals surface area contributed by atoms with E-state index in [2.05, 4.69) is 10.6 Å². The molecule has 0 unspecified atom stereocenters. The summed E-state index contributed by atoms with van der Waals surface area (Å²) < 4.78 is 32.1. The summed E-state index contributed by atoms with van der Waals surface area (Å²) in [5.74, 6) is -0.209. The smallest absolute Gasteiger partial charge is 0.243 e. The van der Waals surface area contributed by atoms with Crippen molar-refractivity contribution in [2.24, 2.45) is 0 Å². The molecule has 0 radical (unpaired) electrons. The Kier molecular flexibility index (Phi) is 6.95. The molecule has 1 saturated heterocycles. The average Bonchev–Trinajstić information content (AvgIpc) is 2.73. The van der Waals surface area contributed by atoms with Gasteiger partial charge in [-0.05, 0) is 42.7 Å². The van der Waals surface area contributed by atoms with E-state index in [1.165, 1.54) is 4.31 Å². The lowest BCUT2D eigenvalue weighted by atomic mass is 10.3. The fourth-order valence-corrected chi connectivity index (χ4v) is 4.70. The Morgan fingerprint density at radius 1 is 1.11 bits per heavy atom. The van der Waals surface area contributed by atoms with Crippen LogP contribution in [0, 0.1) is 0 Å². The molecule has 2 aromatic rings. The second-order valence-corrected chi connectivity index (χ2v) is 9.00. The number of rotatable bonds is 7. The summed E-state index contributed by atoms with van der Waals surface area (Å²) in [4.78, 5) is 13.5. The number of hydrogen-bond acceptors (Lipinski definition) is 6. The summed E-state index contributed by atoms with van der Waals surface area (Å²) in [6.45, 7) is 1.52. The molecule has 9 heteroatoms. The van der Waals surface area contributed by atoms with Gasteiger partial charge in [-0.2, -0.15) is 4.31 Å². The van der Waals surface area contributed by atoms with Crippen LogP contribution >= 0.6 is 11.8 Å². The second kappa shape index (κ2) is 9.42. The number of sulfonamides is 1. The van der Waals surface area contributed by atoms with Crippen molar-refractivity contribution in [1.29, 1.82) is 0 Å². The summed E-state index contributed by atoms with van der Waals surface area (Å²) in [5.41, 5.74) is 1.30. The Hall–Kier alpha value is -2.07. The Morgan fingerprint density at radius 2 is 1.82 bits per heavy atom. The minimum Gasteiger partial charge on any atom is -0.379 e. The summed E-state index contributed by atoms with van der Waals surface area (Å²) >= 11 is 1.60. The van der Waals surface area contributed by atoms with Gasteiger partial charge in [0.2, 0.25) is 15.9 Å². The summed E-state index contributed by atoms with van der Waals surface area (Å²) in [6, 6.07) is 14.1. The van der Waals surface area contributed by atoms with Crippen molar-refractivity contribution in [1.82, 2.24) is 4.31 Å². The van der Waals surface area contributed by atoms with Crippen LogP contribution in [0.15, 0.2) is 58.3 Å². The molecule has 2 N–H and O–H groups in total. The van der Waals surface area contributed by atoms with Crippen molar-refractivity contribution in [3.05, 3.63) is 48.5 Å². The van der Waals surface area contributed by atoms with Crippen LogP contribution in [-0.4, -0.2) is 57.7 Å². The number of benzene rings is 2. The number of carbonyl (C=O) groups excluding carboxylic acids is 1. The molecule has 1 amide bonds. The zero-order valence-corrected chi connectivity index (χ0v) is 17.2. The first-order valence-electron chi connectivity index (χ1n) is 8.85. The molecule has 1 fully saturated rings. The van der Waals surface area contributed by atoms with E-state index in [-0.39, 0.29) is 17.3 Å². The third kappa shape index (κ3) is 5.26. The summed E-state index contributed by atoms with van der Waals surface area (Å²) in [6.07, 6.45) is 1.97. The Bertz CT molecular complexity index is 928. The molecule has 150 valence electrons. The van der Waals surface area contributed by atoms with Crippen molar-refractivity contribution < 1.29 is 17.9 Å². The third-order valence-corrected chi connectivity index (χ3v) is 6.87. The molecule has 3 rings (SSSR count). The third-order valence-electron chi connectivity index (χ3n) is 4.25. The molecule has 0 atom stereocenters. The van der Waals surface area contributed by atoms with Gasteiger partial charge in [0.05, 0.1) is 24.7 Å². The van der Waals surface area contributed by atoms with Crippen LogP contribution in [0.25, 0.3) is 0 Å². The van der Waals surface area contributed by atoms with E-state index >= 15 is 0 Å². The standard InChI is InChI=1S/C19H23N3O4S2/c1-27-17-6-2-5-16(12-17)21-19(23)14-20-15-4-3-7-18(13-15)28(24,25)22-8-10-26-11-9-22/h2-7,12-13,20H,8-11,14H2,1H3,(H,21,23). The summed E-state index contributed by atoms with van der Waals surface area (Å²) in [7, 11) is -3.57. The van der Waals surface area contributed by atoms with Crippen LogP contribution in [-0.2, 0) is 19.6 Å². The first kappa shape index (κ1) is 20.7. The number of ether oxygens (including phenoxy) is 1. The van der Waals surface area contributed by atoms with Crippen LogP contribution in [0.4, 0.5) is 11.4 Å². The number of nitrogens with one attached hydrogen (secondary N) is 2. The molecule has 0 bridgehead atoms. The molecular formula is C19H23N3O4S2. The highest BCUT2D eigenvalue weighted by atomic mass is 32.2. The van der Waals surface area contributed by atoms with Crippen LogP contribution < -0.4 is 10.6 Å². The maximum atomic E-state index is 12.7. The van der Waals surface area contributed by atoms with Crippen molar-refractivity contribution in [3.8, 4) is 0 Å². The molecule has 7 nitrogen and oxygen atoms in total. The van der Waals surface area contributed by atoms with Gasteiger partial charge in [0, 0.05) is 29.4 Å². The zero-order chi connectivity index (χ0) is 20.0. The highest BCUT2D eigenvalue weighted by Crippen LogP contribution is 2.21. The number of amides is 1. The quantitative estimate of drug-likeness (QED) is 0.668. The first-order valence-corrected chi connectivity index (χ1v) is 11.5. The van der Waals surface area contributed by atoms with Gasteiger partial charge in [-0.25, -0.2) is 8.42 Å². The lowest BCUT2D eigenvalue weighted by Crippen LogP contribution is -2.40. The van der Waals surface area contributed by atoms with Gasteiger partial charge in [0.25, 0.3) is 0 Å². The molecule has 1 aliphatic rings. The van der Waals surface area contributed by atoms with Crippen LogP contribution in [0.1, 0.15) is 0 Å². The van der Waals surface area contributed by atoms with Crippen molar-refractivity contribution in [2.45, 2.75) is 9.79 Å². The average molecular weight is 422 g/mol. The van der Waals surface area contributed by atoms with E-state index in [0.717, 1.165) is 10.6 Å². The first-order chi connectivity index (χ1) is 13.5. The number of anilines is 2. The maximum absolute atomic E-state index is 12.7. The van der Waals surface area contributed by atoms with Crippen molar-refractivity contribution >= 4 is 39.1 Å². The fraction of sp³-hybridized carbons (Fsp3) is 0.316. The Morgan fingerprint density at radius 3 is 2.57 bits per heavy atom. The van der Waals surface area contributed by atoms with E-state index in [0.29, 0.717) is 32.0 Å². The number of carbonyl (C=O) groups is 1. The SMILES string of the molecule is CSc1cccc(NC(=O)CNc2cccc(S(=O)(=O)N3CCOCC3)c2)c1. The largest absolute Gasteiger partial charge is 0.379 e. The minimum absolute atomic E-state index is 0.0323. The van der Waals surface area contributed by atoms with E-state index in [4.69, 9.17) is 4.74 Å². The van der Waals surface area contributed by atoms with Gasteiger partial charge in [-0.3, -0.25) is 4.79 Å². The lowest BCUT2D eigenvalue weighted by molar-refractivity contribution is -0.114. The van der Waals surface area contributed by atoms with E-state index in [1.54, 1.807) is 36.0 Å². The van der Waals surface area contributed by atoms with Gasteiger partial charge in [-0.1, -0.05) is 12.1 Å². The van der Waals surface area contributed by atoms with Crippen LogP contribution in [0.2, 0.25) is 0 Å². The molecule has 1 aliphatic heterocycles. The molecule has 0 aromatic heterocycles. The molecule has 0 aliphatic carbocycles. The Balaban J connectivity index is 1.62. The Labute approximate surface area is 169 Å². The second-order valence-electron chi connectivity index (χ2n) is 6.18. The molecule has 1 heterocycles. The lowest BCUT2D eigenvalue weighted by Gasteiger charge is -2.26. The van der Waals surface area contributed by atoms with Crippen LogP contribution in [0.5, 0.6) is 0 Å².